The van der Waals surface area contributed by atoms with E-state index in [4.69, 9.17) is 0 Å². The molecule has 1 aromatic carbocycles. The Bertz CT molecular complexity index is 744. The summed E-state index contributed by atoms with van der Waals surface area (Å²) in [6.07, 6.45) is 1.73. The van der Waals surface area contributed by atoms with E-state index in [2.05, 4.69) is 59.5 Å². The van der Waals surface area contributed by atoms with Crippen molar-refractivity contribution in [2.24, 2.45) is 5.41 Å². The van der Waals surface area contributed by atoms with Gasteiger partial charge in [-0.1, -0.05) is 20.8 Å². The van der Waals surface area contributed by atoms with Crippen LogP contribution in [-0.2, 0) is 4.79 Å². The Labute approximate surface area is 156 Å². The summed E-state index contributed by atoms with van der Waals surface area (Å²) in [5.74, 6) is 0.512. The van der Waals surface area contributed by atoms with Crippen LogP contribution < -0.4 is 15.5 Å². The second kappa shape index (κ2) is 8.21. The molecule has 0 aliphatic heterocycles. The number of nitrogens with zero attached hydrogens (tertiary/aromatic N) is 2. The molecule has 0 saturated carbocycles. The summed E-state index contributed by atoms with van der Waals surface area (Å²) >= 11 is 0. The van der Waals surface area contributed by atoms with E-state index in [1.165, 1.54) is 11.3 Å². The Hall–Kier alpha value is -2.56. The molecule has 0 radical (unpaired) electrons. The lowest BCUT2D eigenvalue weighted by Gasteiger charge is -2.22. The van der Waals surface area contributed by atoms with Crippen molar-refractivity contribution in [1.29, 1.82) is 0 Å². The first-order chi connectivity index (χ1) is 12.2. The normalized spacial score (nSPS) is 11.2. The molecule has 5 heteroatoms. The van der Waals surface area contributed by atoms with Gasteiger partial charge >= 0.3 is 0 Å². The van der Waals surface area contributed by atoms with Crippen molar-refractivity contribution in [3.8, 4) is 0 Å². The van der Waals surface area contributed by atoms with Crippen molar-refractivity contribution in [3.05, 3.63) is 42.1 Å². The van der Waals surface area contributed by atoms with Crippen molar-refractivity contribution in [2.75, 3.05) is 28.6 Å². The van der Waals surface area contributed by atoms with Crippen molar-refractivity contribution in [3.63, 3.8) is 0 Å². The zero-order valence-electron chi connectivity index (χ0n) is 16.7. The monoisotopic (exact) mass is 354 g/mol. The first kappa shape index (κ1) is 19.8. The topological polar surface area (TPSA) is 57.3 Å². The van der Waals surface area contributed by atoms with E-state index in [1.807, 2.05) is 32.9 Å². The number of benzene rings is 1. The standard InChI is InChI=1S/C21H30N4O/c1-7-25(8-2)17-10-11-18(15(3)13-17)23-16-9-12-19(22-14-16)24-20(26)21(4,5)6/h9-14,23H,7-8H2,1-6H3,(H,22,24,26). The molecule has 2 aromatic rings. The van der Waals surface area contributed by atoms with Crippen LogP contribution >= 0.6 is 0 Å². The lowest BCUT2D eigenvalue weighted by molar-refractivity contribution is -0.123. The molecule has 140 valence electrons. The van der Waals surface area contributed by atoms with Crippen molar-refractivity contribution < 1.29 is 4.79 Å². The molecule has 2 N–H and O–H groups in total. The summed E-state index contributed by atoms with van der Waals surface area (Å²) in [5.41, 5.74) is 3.91. The largest absolute Gasteiger partial charge is 0.372 e. The maximum absolute atomic E-state index is 12.0. The van der Waals surface area contributed by atoms with Gasteiger partial charge in [0.2, 0.25) is 5.91 Å². The highest BCUT2D eigenvalue weighted by atomic mass is 16.2. The predicted octanol–water partition coefficient (Wildman–Crippen LogP) is 4.96. The molecular formula is C21H30N4O. The minimum absolute atomic E-state index is 0.0476. The number of amides is 1. The van der Waals surface area contributed by atoms with Crippen LogP contribution in [0.25, 0.3) is 0 Å². The van der Waals surface area contributed by atoms with Gasteiger partial charge in [-0.25, -0.2) is 4.98 Å². The van der Waals surface area contributed by atoms with Crippen molar-refractivity contribution in [1.82, 2.24) is 4.98 Å². The van der Waals surface area contributed by atoms with Gasteiger partial charge in [-0.2, -0.15) is 0 Å². The molecular weight excluding hydrogens is 324 g/mol. The molecule has 1 amide bonds. The summed E-state index contributed by atoms with van der Waals surface area (Å²) in [4.78, 5) is 18.7. The zero-order chi connectivity index (χ0) is 19.3. The van der Waals surface area contributed by atoms with E-state index in [0.29, 0.717) is 5.82 Å². The fourth-order valence-electron chi connectivity index (χ4n) is 2.57. The minimum atomic E-state index is -0.442. The van der Waals surface area contributed by atoms with Crippen LogP contribution in [0.2, 0.25) is 0 Å². The Kier molecular flexibility index (Phi) is 6.24. The molecule has 0 fully saturated rings. The van der Waals surface area contributed by atoms with Crippen LogP contribution in [0.5, 0.6) is 0 Å². The van der Waals surface area contributed by atoms with Gasteiger partial charge in [0.25, 0.3) is 0 Å². The van der Waals surface area contributed by atoms with E-state index >= 15 is 0 Å². The smallest absolute Gasteiger partial charge is 0.230 e. The molecule has 0 aliphatic carbocycles. The number of aromatic nitrogens is 1. The highest BCUT2D eigenvalue weighted by molar-refractivity contribution is 5.93. The van der Waals surface area contributed by atoms with Gasteiger partial charge in [0.1, 0.15) is 5.82 Å². The number of pyridine rings is 1. The SMILES string of the molecule is CCN(CC)c1ccc(Nc2ccc(NC(=O)C(C)(C)C)nc2)c(C)c1. The second-order valence-electron chi connectivity index (χ2n) is 7.43. The Morgan fingerprint density at radius 1 is 1.12 bits per heavy atom. The minimum Gasteiger partial charge on any atom is -0.372 e. The van der Waals surface area contributed by atoms with Gasteiger partial charge in [0.05, 0.1) is 11.9 Å². The van der Waals surface area contributed by atoms with Gasteiger partial charge in [0, 0.05) is 29.9 Å². The number of carbonyl (C=O) groups is 1. The third kappa shape index (κ3) is 4.97. The molecule has 0 saturated heterocycles. The van der Waals surface area contributed by atoms with Crippen molar-refractivity contribution in [2.45, 2.75) is 41.5 Å². The van der Waals surface area contributed by atoms with Crippen LogP contribution in [-0.4, -0.2) is 24.0 Å². The zero-order valence-corrected chi connectivity index (χ0v) is 16.7. The molecule has 5 nitrogen and oxygen atoms in total. The third-order valence-corrected chi connectivity index (χ3v) is 4.30. The van der Waals surface area contributed by atoms with E-state index in [1.54, 1.807) is 6.20 Å². The van der Waals surface area contributed by atoms with E-state index in [0.717, 1.165) is 24.5 Å². The molecule has 0 unspecified atom stereocenters. The maximum Gasteiger partial charge on any atom is 0.230 e. The number of rotatable bonds is 6. The van der Waals surface area contributed by atoms with E-state index < -0.39 is 5.41 Å². The lowest BCUT2D eigenvalue weighted by Crippen LogP contribution is -2.27. The maximum atomic E-state index is 12.0. The lowest BCUT2D eigenvalue weighted by atomic mass is 9.96. The van der Waals surface area contributed by atoms with Gasteiger partial charge in [-0.15, -0.1) is 0 Å². The Morgan fingerprint density at radius 3 is 2.31 bits per heavy atom. The quantitative estimate of drug-likeness (QED) is 0.769. The molecule has 0 spiro atoms. The van der Waals surface area contributed by atoms with E-state index in [-0.39, 0.29) is 5.91 Å². The van der Waals surface area contributed by atoms with E-state index in [9.17, 15) is 4.79 Å². The molecule has 0 aliphatic rings. The number of nitrogens with one attached hydrogen (secondary N) is 2. The number of hydrogen-bond donors (Lipinski definition) is 2. The molecule has 0 bridgehead atoms. The van der Waals surface area contributed by atoms with Gasteiger partial charge < -0.3 is 15.5 Å². The number of anilines is 4. The highest BCUT2D eigenvalue weighted by Gasteiger charge is 2.21. The second-order valence-corrected chi connectivity index (χ2v) is 7.43. The number of hydrogen-bond acceptors (Lipinski definition) is 4. The summed E-state index contributed by atoms with van der Waals surface area (Å²) in [5, 5.41) is 6.23. The van der Waals surface area contributed by atoms with Crippen LogP contribution in [0, 0.1) is 12.3 Å². The summed E-state index contributed by atoms with van der Waals surface area (Å²) in [7, 11) is 0. The number of aryl methyl sites for hydroxylation is 1. The van der Waals surface area contributed by atoms with Gasteiger partial charge in [-0.05, 0) is 56.7 Å². The van der Waals surface area contributed by atoms with Crippen molar-refractivity contribution >= 4 is 28.8 Å². The molecule has 1 aromatic heterocycles. The van der Waals surface area contributed by atoms with Crippen LogP contribution in [0.4, 0.5) is 22.9 Å². The fourth-order valence-corrected chi connectivity index (χ4v) is 2.57. The Balaban J connectivity index is 2.08. The predicted molar refractivity (Wildman–Crippen MR) is 110 cm³/mol. The average molecular weight is 354 g/mol. The van der Waals surface area contributed by atoms with Crippen LogP contribution in [0.3, 0.4) is 0 Å². The fraction of sp³-hybridized carbons (Fsp3) is 0.429. The molecule has 0 atom stereocenters. The van der Waals surface area contributed by atoms with Crippen LogP contribution in [0.15, 0.2) is 36.5 Å². The molecule has 2 rings (SSSR count). The molecule has 1 heterocycles. The van der Waals surface area contributed by atoms with Gasteiger partial charge in [-0.3, -0.25) is 4.79 Å². The summed E-state index contributed by atoms with van der Waals surface area (Å²) in [6.45, 7) is 14.0. The first-order valence-electron chi connectivity index (χ1n) is 9.14. The summed E-state index contributed by atoms with van der Waals surface area (Å²) < 4.78 is 0. The highest BCUT2D eigenvalue weighted by Crippen LogP contribution is 2.26. The first-order valence-corrected chi connectivity index (χ1v) is 9.14. The Morgan fingerprint density at radius 2 is 1.81 bits per heavy atom. The molecule has 26 heavy (non-hydrogen) atoms. The van der Waals surface area contributed by atoms with Gasteiger partial charge in [0.15, 0.2) is 0 Å². The van der Waals surface area contributed by atoms with Crippen LogP contribution in [0.1, 0.15) is 40.2 Å². The average Bonchev–Trinajstić information content (AvgIpc) is 2.59. The third-order valence-electron chi connectivity index (χ3n) is 4.30. The summed E-state index contributed by atoms with van der Waals surface area (Å²) in [6, 6.07) is 10.2. The number of carbonyl (C=O) groups excluding carboxylic acids is 1.